The molecular formula is C26H38N4NiO4. The Labute approximate surface area is 220 Å². The van der Waals surface area contributed by atoms with E-state index in [2.05, 4.69) is 19.8 Å². The van der Waals surface area contributed by atoms with Gasteiger partial charge in [-0.05, 0) is 77.4 Å². The van der Waals surface area contributed by atoms with Crippen LogP contribution in [0.5, 0.6) is 23.0 Å². The van der Waals surface area contributed by atoms with Gasteiger partial charge >= 0.3 is 16.5 Å². The zero-order valence-corrected chi connectivity index (χ0v) is 22.6. The number of para-hydroxylation sites is 2. The van der Waals surface area contributed by atoms with Crippen LogP contribution in [0.25, 0.3) is 0 Å². The Balaban J connectivity index is 0.000000642. The summed E-state index contributed by atoms with van der Waals surface area (Å²) in [6.07, 6.45) is 5.23. The molecule has 0 aliphatic rings. The van der Waals surface area contributed by atoms with Crippen LogP contribution in [0.3, 0.4) is 0 Å². The van der Waals surface area contributed by atoms with Crippen LogP contribution in [0.4, 0.5) is 0 Å². The molecular weight excluding hydrogens is 491 g/mol. The van der Waals surface area contributed by atoms with Crippen LogP contribution in [-0.4, -0.2) is 90.8 Å². The smallest absolute Gasteiger partial charge is 0.870 e. The molecule has 0 unspecified atom stereocenters. The van der Waals surface area contributed by atoms with Crippen molar-refractivity contribution in [1.82, 2.24) is 9.80 Å². The molecule has 0 amide bonds. The van der Waals surface area contributed by atoms with Crippen LogP contribution in [0, 0.1) is 0 Å². The predicted octanol–water partition coefficient (Wildman–Crippen LogP) is 2.28. The van der Waals surface area contributed by atoms with Crippen molar-refractivity contribution < 1.29 is 36.2 Å². The SMILES string of the molecule is COc1cccc(C=NCCCN(C)C)c1[O-].COc1cccc(C=NCCCN(C)C)c1[O-].[Ni+2]. The van der Waals surface area contributed by atoms with Gasteiger partial charge in [-0.2, -0.15) is 0 Å². The molecule has 35 heavy (non-hydrogen) atoms. The van der Waals surface area contributed by atoms with Crippen LogP contribution in [-0.2, 0) is 16.5 Å². The van der Waals surface area contributed by atoms with E-state index in [1.54, 1.807) is 48.8 Å². The van der Waals surface area contributed by atoms with Gasteiger partial charge in [-0.25, -0.2) is 0 Å². The molecule has 9 heteroatoms. The van der Waals surface area contributed by atoms with Crippen LogP contribution in [0.15, 0.2) is 46.4 Å². The minimum atomic E-state index is -0.105. The van der Waals surface area contributed by atoms with E-state index in [0.717, 1.165) is 39.0 Å². The quantitative estimate of drug-likeness (QED) is 0.238. The molecule has 2 aromatic carbocycles. The molecule has 8 nitrogen and oxygen atoms in total. The van der Waals surface area contributed by atoms with Crippen molar-refractivity contribution in [3.05, 3.63) is 47.5 Å². The molecule has 0 saturated heterocycles. The molecule has 0 aromatic heterocycles. The van der Waals surface area contributed by atoms with Gasteiger partial charge in [-0.15, -0.1) is 0 Å². The van der Waals surface area contributed by atoms with Crippen LogP contribution < -0.4 is 19.7 Å². The van der Waals surface area contributed by atoms with Gasteiger partial charge in [-0.1, -0.05) is 35.8 Å². The number of aliphatic imine (C=N–C) groups is 2. The second-order valence-electron chi connectivity index (χ2n) is 8.14. The van der Waals surface area contributed by atoms with E-state index in [9.17, 15) is 10.2 Å². The topological polar surface area (TPSA) is 95.8 Å². The Morgan fingerprint density at radius 2 is 1.09 bits per heavy atom. The molecule has 0 N–H and O–H groups in total. The molecule has 0 heterocycles. The zero-order chi connectivity index (χ0) is 25.3. The number of rotatable bonds is 12. The molecule has 0 radical (unpaired) electrons. The average Bonchev–Trinajstić information content (AvgIpc) is 2.80. The van der Waals surface area contributed by atoms with Gasteiger partial charge in [0.2, 0.25) is 0 Å². The summed E-state index contributed by atoms with van der Waals surface area (Å²) < 4.78 is 9.93. The minimum Gasteiger partial charge on any atom is -0.870 e. The van der Waals surface area contributed by atoms with Crippen molar-refractivity contribution in [3.63, 3.8) is 0 Å². The molecule has 0 atom stereocenters. The largest absolute Gasteiger partial charge is 2.00 e. The third-order valence-electron chi connectivity index (χ3n) is 4.70. The van der Waals surface area contributed by atoms with Gasteiger partial charge in [0.25, 0.3) is 0 Å². The Bertz CT molecular complexity index is 831. The van der Waals surface area contributed by atoms with Gasteiger partial charge in [0, 0.05) is 25.5 Å². The molecule has 2 rings (SSSR count). The van der Waals surface area contributed by atoms with Crippen LogP contribution in [0.2, 0.25) is 0 Å². The zero-order valence-electron chi connectivity index (χ0n) is 21.6. The van der Waals surface area contributed by atoms with E-state index in [0.29, 0.717) is 22.6 Å². The summed E-state index contributed by atoms with van der Waals surface area (Å²) in [5.74, 6) is 0.516. The fourth-order valence-corrected chi connectivity index (χ4v) is 2.87. The Hall–Kier alpha value is -2.61. The summed E-state index contributed by atoms with van der Waals surface area (Å²) >= 11 is 0. The summed E-state index contributed by atoms with van der Waals surface area (Å²) in [5, 5.41) is 23.5. The van der Waals surface area contributed by atoms with Gasteiger partial charge in [0.05, 0.1) is 14.2 Å². The fourth-order valence-electron chi connectivity index (χ4n) is 2.87. The Morgan fingerprint density at radius 3 is 1.40 bits per heavy atom. The van der Waals surface area contributed by atoms with Crippen molar-refractivity contribution in [2.75, 3.05) is 68.6 Å². The van der Waals surface area contributed by atoms with Gasteiger partial charge in [0.15, 0.2) is 0 Å². The number of ether oxygens (including phenoxy) is 2. The second kappa shape index (κ2) is 18.7. The first-order valence-electron chi connectivity index (χ1n) is 11.3. The maximum atomic E-state index is 11.7. The van der Waals surface area contributed by atoms with E-state index in [-0.39, 0.29) is 28.0 Å². The fraction of sp³-hybridized carbons (Fsp3) is 0.462. The number of methoxy groups -OCH3 is 2. The number of benzene rings is 2. The molecule has 2 aromatic rings. The van der Waals surface area contributed by atoms with Crippen molar-refractivity contribution >= 4 is 12.4 Å². The van der Waals surface area contributed by atoms with E-state index < -0.39 is 0 Å². The molecule has 0 bridgehead atoms. The number of nitrogens with zero attached hydrogens (tertiary/aromatic N) is 4. The molecule has 196 valence electrons. The van der Waals surface area contributed by atoms with E-state index in [1.165, 1.54) is 14.2 Å². The Kier molecular flexibility index (Phi) is 17.3. The molecule has 0 saturated carbocycles. The third kappa shape index (κ3) is 13.2. The van der Waals surface area contributed by atoms with Crippen LogP contribution >= 0.6 is 0 Å². The standard InChI is InChI=1S/2C13H20N2O2.Ni/c2*1-15(2)9-5-8-14-10-11-6-4-7-12(17-3)13(11)16;/h2*4,6-7,10,16H,5,8-9H2,1-3H3;/q;;+2/p-2. The molecule has 0 fully saturated rings. The van der Waals surface area contributed by atoms with Crippen molar-refractivity contribution in [2.24, 2.45) is 9.98 Å². The summed E-state index contributed by atoms with van der Waals surface area (Å²) in [6.45, 7) is 3.46. The van der Waals surface area contributed by atoms with Crippen LogP contribution in [0.1, 0.15) is 24.0 Å². The number of hydrogen-bond donors (Lipinski definition) is 0. The molecule has 0 aliphatic heterocycles. The van der Waals surface area contributed by atoms with E-state index >= 15 is 0 Å². The summed E-state index contributed by atoms with van der Waals surface area (Å²) in [4.78, 5) is 12.7. The first-order chi connectivity index (χ1) is 16.3. The summed E-state index contributed by atoms with van der Waals surface area (Å²) in [7, 11) is 11.1. The van der Waals surface area contributed by atoms with Crippen molar-refractivity contribution in [1.29, 1.82) is 0 Å². The van der Waals surface area contributed by atoms with E-state index in [1.807, 2.05) is 28.2 Å². The first kappa shape index (κ1) is 32.4. The monoisotopic (exact) mass is 528 g/mol. The average molecular weight is 529 g/mol. The van der Waals surface area contributed by atoms with Gasteiger partial charge in [0.1, 0.15) is 11.5 Å². The first-order valence-corrected chi connectivity index (χ1v) is 11.3. The third-order valence-corrected chi connectivity index (χ3v) is 4.70. The van der Waals surface area contributed by atoms with Gasteiger partial charge < -0.3 is 29.5 Å². The normalized spacial score (nSPS) is 11.0. The van der Waals surface area contributed by atoms with Gasteiger partial charge in [-0.3, -0.25) is 9.98 Å². The van der Waals surface area contributed by atoms with Crippen molar-refractivity contribution in [2.45, 2.75) is 12.8 Å². The summed E-state index contributed by atoms with van der Waals surface area (Å²) in [5.41, 5.74) is 1.16. The minimum absolute atomic E-state index is 0. The van der Waals surface area contributed by atoms with E-state index in [4.69, 9.17) is 9.47 Å². The summed E-state index contributed by atoms with van der Waals surface area (Å²) in [6, 6.07) is 10.4. The second-order valence-corrected chi connectivity index (χ2v) is 8.14. The molecule has 0 aliphatic carbocycles. The number of hydrogen-bond acceptors (Lipinski definition) is 8. The maximum Gasteiger partial charge on any atom is 2.00 e. The van der Waals surface area contributed by atoms with Crippen molar-refractivity contribution in [3.8, 4) is 23.0 Å². The predicted molar refractivity (Wildman–Crippen MR) is 136 cm³/mol. The maximum absolute atomic E-state index is 11.7. The Morgan fingerprint density at radius 1 is 0.714 bits per heavy atom. The molecule has 0 spiro atoms.